The van der Waals surface area contributed by atoms with Gasteiger partial charge in [-0.15, -0.1) is 11.3 Å². The van der Waals surface area contributed by atoms with Crippen molar-refractivity contribution in [1.29, 1.82) is 0 Å². The quantitative estimate of drug-likeness (QED) is 0.694. The largest absolute Gasteiger partial charge is 0.467 e. The number of hydrogen-bond donors (Lipinski definition) is 1. The average molecular weight is 414 g/mol. The van der Waals surface area contributed by atoms with Crippen molar-refractivity contribution in [3.8, 4) is 10.6 Å². The Morgan fingerprint density at radius 3 is 2.39 bits per heavy atom. The van der Waals surface area contributed by atoms with E-state index in [0.29, 0.717) is 22.7 Å². The number of esters is 1. The van der Waals surface area contributed by atoms with Gasteiger partial charge in [-0.2, -0.15) is 13.2 Å². The lowest BCUT2D eigenvalue weighted by Gasteiger charge is -2.18. The maximum atomic E-state index is 12.6. The second-order valence-electron chi connectivity index (χ2n) is 6.67. The summed E-state index contributed by atoms with van der Waals surface area (Å²) in [6.07, 6.45) is -3.98. The van der Waals surface area contributed by atoms with E-state index in [2.05, 4.69) is 10.3 Å². The van der Waals surface area contributed by atoms with E-state index in [0.717, 1.165) is 12.1 Å². The number of alkyl halides is 3. The third-order valence-corrected chi connectivity index (χ3v) is 4.82. The molecular weight excluding hydrogens is 393 g/mol. The summed E-state index contributed by atoms with van der Waals surface area (Å²) in [6, 6.07) is 3.96. The Morgan fingerprint density at radius 1 is 1.21 bits per heavy atom. The number of aromatic nitrogens is 1. The number of methoxy groups -OCH3 is 1. The molecule has 1 N–H and O–H groups in total. The van der Waals surface area contributed by atoms with Crippen molar-refractivity contribution in [3.05, 3.63) is 40.9 Å². The second kappa shape index (κ2) is 9.18. The predicted molar refractivity (Wildman–Crippen MR) is 99.7 cm³/mol. The number of hydrogen-bond acceptors (Lipinski definition) is 5. The van der Waals surface area contributed by atoms with Gasteiger partial charge in [-0.1, -0.05) is 26.0 Å². The van der Waals surface area contributed by atoms with Gasteiger partial charge in [0.2, 0.25) is 5.91 Å². The molecule has 152 valence electrons. The fraction of sp³-hybridized carbons (Fsp3) is 0.421. The van der Waals surface area contributed by atoms with Gasteiger partial charge >= 0.3 is 12.1 Å². The molecule has 1 atom stereocenters. The summed E-state index contributed by atoms with van der Waals surface area (Å²) in [5.74, 6) is -0.693. The lowest BCUT2D eigenvalue weighted by atomic mass is 10.0. The number of amides is 1. The van der Waals surface area contributed by atoms with Crippen LogP contribution < -0.4 is 5.32 Å². The zero-order valence-electron chi connectivity index (χ0n) is 15.7. The molecule has 1 aromatic heterocycles. The fourth-order valence-corrected chi connectivity index (χ4v) is 3.39. The molecule has 0 aliphatic heterocycles. The van der Waals surface area contributed by atoms with E-state index in [1.165, 1.54) is 30.6 Å². The summed E-state index contributed by atoms with van der Waals surface area (Å²) >= 11 is 1.23. The van der Waals surface area contributed by atoms with E-state index in [4.69, 9.17) is 4.74 Å². The molecule has 0 aliphatic carbocycles. The van der Waals surface area contributed by atoms with E-state index in [1.807, 2.05) is 13.8 Å². The molecule has 28 heavy (non-hydrogen) atoms. The lowest BCUT2D eigenvalue weighted by Crippen LogP contribution is -2.43. The van der Waals surface area contributed by atoms with Crippen LogP contribution in [0, 0.1) is 5.92 Å². The van der Waals surface area contributed by atoms with Gasteiger partial charge in [-0.25, -0.2) is 9.78 Å². The summed E-state index contributed by atoms with van der Waals surface area (Å²) in [5, 5.41) is 4.83. The van der Waals surface area contributed by atoms with Gasteiger partial charge in [0.15, 0.2) is 0 Å². The van der Waals surface area contributed by atoms with Crippen LogP contribution in [0.4, 0.5) is 13.2 Å². The van der Waals surface area contributed by atoms with E-state index in [1.54, 1.807) is 5.38 Å². The smallest absolute Gasteiger partial charge is 0.416 e. The summed E-state index contributed by atoms with van der Waals surface area (Å²) < 4.78 is 42.6. The number of halogens is 3. The maximum Gasteiger partial charge on any atom is 0.416 e. The summed E-state index contributed by atoms with van der Waals surface area (Å²) in [7, 11) is 1.26. The molecule has 0 saturated carbocycles. The highest BCUT2D eigenvalue weighted by Gasteiger charge is 2.30. The SMILES string of the molecule is COC(=O)C(CC(C)C)NC(=O)Cc1csc(-c2ccc(C(F)(F)F)cc2)n1. The fourth-order valence-electron chi connectivity index (χ4n) is 2.56. The number of thiazole rings is 1. The van der Waals surface area contributed by atoms with Crippen LogP contribution in [0.25, 0.3) is 10.6 Å². The standard InChI is InChI=1S/C19H21F3N2O3S/c1-11(2)8-15(18(26)27-3)24-16(25)9-14-10-28-17(23-14)12-4-6-13(7-5-12)19(20,21)22/h4-7,10-11,15H,8-9H2,1-3H3,(H,24,25). The molecule has 1 unspecified atom stereocenters. The van der Waals surface area contributed by atoms with Crippen LogP contribution in [0.1, 0.15) is 31.5 Å². The molecule has 9 heteroatoms. The molecule has 0 fully saturated rings. The number of rotatable bonds is 7. The molecule has 0 spiro atoms. The Balaban J connectivity index is 2.03. The molecule has 0 saturated heterocycles. The highest BCUT2D eigenvalue weighted by Crippen LogP contribution is 2.31. The predicted octanol–water partition coefficient (Wildman–Crippen LogP) is 4.08. The van der Waals surface area contributed by atoms with Gasteiger partial charge in [-0.05, 0) is 24.5 Å². The van der Waals surface area contributed by atoms with E-state index in [-0.39, 0.29) is 18.2 Å². The Bertz CT molecular complexity index is 817. The number of carbonyl (C=O) groups excluding carboxylic acids is 2. The number of nitrogens with zero attached hydrogens (tertiary/aromatic N) is 1. The minimum absolute atomic E-state index is 0.0390. The Hall–Kier alpha value is -2.42. The van der Waals surface area contributed by atoms with E-state index >= 15 is 0 Å². The van der Waals surface area contributed by atoms with Crippen molar-refractivity contribution >= 4 is 23.2 Å². The van der Waals surface area contributed by atoms with E-state index < -0.39 is 23.8 Å². The summed E-state index contributed by atoms with van der Waals surface area (Å²) in [6.45, 7) is 3.86. The van der Waals surface area contributed by atoms with Gasteiger partial charge in [0, 0.05) is 10.9 Å². The molecule has 2 rings (SSSR count). The molecule has 5 nitrogen and oxygen atoms in total. The van der Waals surface area contributed by atoms with Crippen molar-refractivity contribution < 1.29 is 27.5 Å². The first-order valence-corrected chi connectivity index (χ1v) is 9.47. The van der Waals surface area contributed by atoms with Crippen molar-refractivity contribution in [2.45, 2.75) is 38.9 Å². The highest BCUT2D eigenvalue weighted by atomic mass is 32.1. The normalized spacial score (nSPS) is 12.7. The first kappa shape index (κ1) is 21.9. The monoisotopic (exact) mass is 414 g/mol. The Morgan fingerprint density at radius 2 is 1.86 bits per heavy atom. The van der Waals surface area contributed by atoms with Crippen LogP contribution in [0.2, 0.25) is 0 Å². The van der Waals surface area contributed by atoms with Gasteiger partial charge < -0.3 is 10.1 Å². The zero-order valence-corrected chi connectivity index (χ0v) is 16.5. The molecular formula is C19H21F3N2O3S. The Kier molecular flexibility index (Phi) is 7.17. The van der Waals surface area contributed by atoms with Crippen LogP contribution in [0.15, 0.2) is 29.6 Å². The third-order valence-electron chi connectivity index (χ3n) is 3.88. The zero-order chi connectivity index (χ0) is 20.9. The molecule has 0 radical (unpaired) electrons. The summed E-state index contributed by atoms with van der Waals surface area (Å²) in [4.78, 5) is 28.3. The number of ether oxygens (including phenoxy) is 1. The first-order valence-electron chi connectivity index (χ1n) is 8.59. The number of benzene rings is 1. The van der Waals surface area contributed by atoms with Gasteiger partial charge in [0.05, 0.1) is 24.8 Å². The number of carbonyl (C=O) groups is 2. The van der Waals surface area contributed by atoms with Crippen molar-refractivity contribution in [3.63, 3.8) is 0 Å². The Labute approximate surface area is 164 Å². The molecule has 2 aromatic rings. The van der Waals surface area contributed by atoms with E-state index in [9.17, 15) is 22.8 Å². The van der Waals surface area contributed by atoms with Crippen molar-refractivity contribution in [2.24, 2.45) is 5.92 Å². The van der Waals surface area contributed by atoms with Crippen molar-refractivity contribution in [1.82, 2.24) is 10.3 Å². The topological polar surface area (TPSA) is 68.3 Å². The molecule has 1 aromatic carbocycles. The highest BCUT2D eigenvalue weighted by molar-refractivity contribution is 7.13. The molecule has 1 amide bonds. The minimum Gasteiger partial charge on any atom is -0.467 e. The minimum atomic E-state index is -4.39. The van der Waals surface area contributed by atoms with Crippen LogP contribution in [-0.4, -0.2) is 30.0 Å². The first-order chi connectivity index (χ1) is 13.1. The maximum absolute atomic E-state index is 12.6. The average Bonchev–Trinajstić information content (AvgIpc) is 3.07. The second-order valence-corrected chi connectivity index (χ2v) is 7.53. The third kappa shape index (κ3) is 6.05. The van der Waals surface area contributed by atoms with Gasteiger partial charge in [-0.3, -0.25) is 4.79 Å². The van der Waals surface area contributed by atoms with Gasteiger partial charge in [0.25, 0.3) is 0 Å². The van der Waals surface area contributed by atoms with Crippen LogP contribution in [0.5, 0.6) is 0 Å². The van der Waals surface area contributed by atoms with Crippen molar-refractivity contribution in [2.75, 3.05) is 7.11 Å². The summed E-state index contributed by atoms with van der Waals surface area (Å²) in [5.41, 5.74) is 0.286. The van der Waals surface area contributed by atoms with Gasteiger partial charge in [0.1, 0.15) is 11.0 Å². The number of nitrogens with one attached hydrogen (secondary N) is 1. The lowest BCUT2D eigenvalue weighted by molar-refractivity contribution is -0.145. The molecule has 0 bridgehead atoms. The van der Waals surface area contributed by atoms with Crippen LogP contribution >= 0.6 is 11.3 Å². The molecule has 0 aliphatic rings. The molecule has 1 heterocycles. The van der Waals surface area contributed by atoms with Crippen LogP contribution in [-0.2, 0) is 26.9 Å². The van der Waals surface area contributed by atoms with Crippen LogP contribution in [0.3, 0.4) is 0 Å².